The van der Waals surface area contributed by atoms with Crippen LogP contribution in [0.5, 0.6) is 5.75 Å². The molecule has 3 aliphatic heterocycles. The maximum Gasteiger partial charge on any atom is 0.351 e. The SMILES string of the molecule is CC[C@H]1O[C@@H](n2ccc(NC(=O)C(C)C)nc2=O)CC1OP1O[C@H](Cc2ccccc2O[Si](C)(C)C(C)(C)C)[C@@H]2CCCN21. The Morgan fingerprint density at radius 1 is 1.20 bits per heavy atom. The van der Waals surface area contributed by atoms with Gasteiger partial charge in [0.2, 0.25) is 14.2 Å². The fourth-order valence-electron chi connectivity index (χ4n) is 5.71. The largest absolute Gasteiger partial charge is 0.543 e. The Morgan fingerprint density at radius 2 is 1.95 bits per heavy atom. The van der Waals surface area contributed by atoms with Gasteiger partial charge in [-0.3, -0.25) is 9.36 Å². The first-order valence-electron chi connectivity index (χ1n) is 16.0. The van der Waals surface area contributed by atoms with Gasteiger partial charge in [0.1, 0.15) is 17.8 Å². The normalized spacial score (nSPS) is 27.6. The first-order chi connectivity index (χ1) is 20.8. The third-order valence-corrected chi connectivity index (χ3v) is 15.6. The molecular weight excluding hydrogens is 595 g/mol. The lowest BCUT2D eigenvalue weighted by Crippen LogP contribution is -2.44. The molecule has 1 N–H and O–H groups in total. The third kappa shape index (κ3) is 7.13. The minimum absolute atomic E-state index is 0.0198. The predicted octanol–water partition coefficient (Wildman–Crippen LogP) is 6.64. The first kappa shape index (κ1) is 33.2. The molecule has 5 rings (SSSR count). The maximum absolute atomic E-state index is 12.9. The van der Waals surface area contributed by atoms with Crippen LogP contribution < -0.4 is 15.4 Å². The van der Waals surface area contributed by atoms with Crippen molar-refractivity contribution in [3.63, 3.8) is 0 Å². The number of carbonyl (C=O) groups excluding carboxylic acids is 1. The second-order valence-electron chi connectivity index (χ2n) is 14.0. The van der Waals surface area contributed by atoms with Crippen molar-refractivity contribution < 1.29 is 23.0 Å². The van der Waals surface area contributed by atoms with Crippen LogP contribution in [0.4, 0.5) is 5.82 Å². The topological polar surface area (TPSA) is 104 Å². The Labute approximate surface area is 263 Å². The van der Waals surface area contributed by atoms with Crippen molar-refractivity contribution in [2.45, 2.75) is 122 Å². The number of carbonyl (C=O) groups is 1. The minimum Gasteiger partial charge on any atom is -0.543 e. The Morgan fingerprint density at radius 3 is 2.64 bits per heavy atom. The maximum atomic E-state index is 12.9. The zero-order chi connectivity index (χ0) is 31.8. The summed E-state index contributed by atoms with van der Waals surface area (Å²) < 4.78 is 30.4. The number of hydrogen-bond donors (Lipinski definition) is 1. The Kier molecular flexibility index (Phi) is 10.0. The number of fused-ring (bicyclic) bond motifs is 1. The molecule has 2 unspecified atom stereocenters. The van der Waals surface area contributed by atoms with Crippen LogP contribution in [0.25, 0.3) is 0 Å². The molecule has 2 aromatic rings. The number of para-hydroxylation sites is 1. The van der Waals surface area contributed by atoms with E-state index in [1.807, 2.05) is 0 Å². The van der Waals surface area contributed by atoms with E-state index in [-0.39, 0.29) is 41.0 Å². The van der Waals surface area contributed by atoms with E-state index in [2.05, 4.69) is 80.0 Å². The average molecular weight is 645 g/mol. The van der Waals surface area contributed by atoms with E-state index >= 15 is 0 Å². The van der Waals surface area contributed by atoms with Crippen LogP contribution in [-0.4, -0.2) is 59.3 Å². The second kappa shape index (κ2) is 13.3. The fraction of sp³-hybridized carbons (Fsp3) is 0.656. The lowest BCUT2D eigenvalue weighted by molar-refractivity contribution is -0.118. The Hall–Kier alpha value is -2.14. The Balaban J connectivity index is 1.27. The molecule has 242 valence electrons. The van der Waals surface area contributed by atoms with Crippen LogP contribution in [0.2, 0.25) is 18.1 Å². The summed E-state index contributed by atoms with van der Waals surface area (Å²) in [4.78, 5) is 29.0. The molecule has 12 heteroatoms. The zero-order valence-electron chi connectivity index (χ0n) is 27.4. The molecule has 3 saturated heterocycles. The van der Waals surface area contributed by atoms with E-state index in [1.54, 1.807) is 26.1 Å². The average Bonchev–Trinajstić information content (AvgIpc) is 3.66. The van der Waals surface area contributed by atoms with Crippen molar-refractivity contribution in [2.75, 3.05) is 11.9 Å². The van der Waals surface area contributed by atoms with Gasteiger partial charge in [0.15, 0.2) is 0 Å². The summed E-state index contributed by atoms with van der Waals surface area (Å²) in [6.07, 6.45) is 5.03. The van der Waals surface area contributed by atoms with Crippen molar-refractivity contribution in [2.24, 2.45) is 5.92 Å². The highest BCUT2D eigenvalue weighted by molar-refractivity contribution is 7.45. The van der Waals surface area contributed by atoms with Crippen LogP contribution in [0, 0.1) is 5.92 Å². The molecule has 1 amide bonds. The van der Waals surface area contributed by atoms with Gasteiger partial charge in [0, 0.05) is 37.5 Å². The molecule has 0 saturated carbocycles. The molecule has 44 heavy (non-hydrogen) atoms. The van der Waals surface area contributed by atoms with Crippen LogP contribution in [0.3, 0.4) is 0 Å². The molecule has 0 radical (unpaired) electrons. The van der Waals surface area contributed by atoms with Gasteiger partial charge in [-0.05, 0) is 55.1 Å². The summed E-state index contributed by atoms with van der Waals surface area (Å²) in [6, 6.07) is 10.3. The van der Waals surface area contributed by atoms with Crippen LogP contribution in [0.1, 0.15) is 79.0 Å². The predicted molar refractivity (Wildman–Crippen MR) is 175 cm³/mol. The molecule has 10 nitrogen and oxygen atoms in total. The zero-order valence-corrected chi connectivity index (χ0v) is 29.3. The third-order valence-electron chi connectivity index (χ3n) is 9.42. The van der Waals surface area contributed by atoms with Crippen LogP contribution >= 0.6 is 8.53 Å². The molecule has 3 aliphatic rings. The lowest BCUT2D eigenvalue weighted by atomic mass is 10.0. The molecule has 0 bridgehead atoms. The summed E-state index contributed by atoms with van der Waals surface area (Å²) in [5.41, 5.74) is 0.717. The van der Waals surface area contributed by atoms with Gasteiger partial charge in [0.25, 0.3) is 8.53 Å². The number of nitrogens with zero attached hydrogens (tertiary/aromatic N) is 3. The van der Waals surface area contributed by atoms with Crippen molar-refractivity contribution in [3.8, 4) is 5.75 Å². The molecule has 1 aromatic carbocycles. The van der Waals surface area contributed by atoms with E-state index in [0.717, 1.165) is 38.0 Å². The lowest BCUT2D eigenvalue weighted by Gasteiger charge is -2.37. The quantitative estimate of drug-likeness (QED) is 0.227. The van der Waals surface area contributed by atoms with Crippen molar-refractivity contribution in [1.29, 1.82) is 0 Å². The van der Waals surface area contributed by atoms with Gasteiger partial charge >= 0.3 is 5.69 Å². The van der Waals surface area contributed by atoms with E-state index in [4.69, 9.17) is 18.2 Å². The molecule has 0 spiro atoms. The number of hydrogen-bond acceptors (Lipinski definition) is 8. The van der Waals surface area contributed by atoms with Crippen LogP contribution in [-0.2, 0) is 25.0 Å². The van der Waals surface area contributed by atoms with Crippen molar-refractivity contribution in [3.05, 3.63) is 52.6 Å². The van der Waals surface area contributed by atoms with Gasteiger partial charge in [-0.1, -0.05) is 59.7 Å². The summed E-state index contributed by atoms with van der Waals surface area (Å²) >= 11 is 0. The number of benzene rings is 1. The molecule has 0 aliphatic carbocycles. The van der Waals surface area contributed by atoms with Gasteiger partial charge in [-0.15, -0.1) is 0 Å². The van der Waals surface area contributed by atoms with E-state index < -0.39 is 28.8 Å². The number of anilines is 1. The number of aromatic nitrogens is 2. The first-order valence-corrected chi connectivity index (χ1v) is 20.0. The molecule has 3 fully saturated rings. The summed E-state index contributed by atoms with van der Waals surface area (Å²) in [5, 5.41) is 2.80. The van der Waals surface area contributed by atoms with Gasteiger partial charge < -0.3 is 23.5 Å². The number of ether oxygens (including phenoxy) is 1. The van der Waals surface area contributed by atoms with Crippen molar-refractivity contribution in [1.82, 2.24) is 14.2 Å². The minimum atomic E-state index is -2.00. The number of nitrogens with one attached hydrogen (secondary N) is 1. The molecular formula is C32H49N4O6PSi. The second-order valence-corrected chi connectivity index (χ2v) is 20.1. The molecule has 6 atom stereocenters. The molecule has 1 aromatic heterocycles. The van der Waals surface area contributed by atoms with Crippen molar-refractivity contribution >= 4 is 28.6 Å². The van der Waals surface area contributed by atoms with Gasteiger partial charge in [-0.25, -0.2) is 9.46 Å². The Bertz CT molecular complexity index is 1380. The smallest absolute Gasteiger partial charge is 0.351 e. The highest BCUT2D eigenvalue weighted by atomic mass is 31.2. The highest BCUT2D eigenvalue weighted by Gasteiger charge is 2.49. The van der Waals surface area contributed by atoms with E-state index in [0.29, 0.717) is 12.5 Å². The van der Waals surface area contributed by atoms with E-state index in [9.17, 15) is 9.59 Å². The van der Waals surface area contributed by atoms with Crippen LogP contribution in [0.15, 0.2) is 41.3 Å². The summed E-state index contributed by atoms with van der Waals surface area (Å²) in [6.45, 7) is 18.0. The fourth-order valence-corrected chi connectivity index (χ4v) is 8.77. The van der Waals surface area contributed by atoms with Gasteiger partial charge in [0.05, 0.1) is 18.3 Å². The summed E-state index contributed by atoms with van der Waals surface area (Å²) in [7, 11) is -3.26. The summed E-state index contributed by atoms with van der Waals surface area (Å²) in [5.74, 6) is 0.820. The highest BCUT2D eigenvalue weighted by Crippen LogP contribution is 2.58. The number of rotatable bonds is 10. The molecule has 4 heterocycles. The number of amides is 1. The monoisotopic (exact) mass is 644 g/mol. The standard InChI is InChI=1S/C32H49N4O6PSi/c1-9-24-27(20-29(39-24)35-18-16-28(34-31(35)38)33-30(37)21(2)3)41-43-36-17-12-14-23(36)26(40-43)19-22-13-10-11-15-25(22)42-44(7,8)32(4,5)6/h10-11,13,15-16,18,21,23-24,26-27,29H,9,12,14,17,19-20H2,1-8H3,(H,33,34,37,38)/t23-,24+,26+,27?,29+,43?/m0/s1. The van der Waals surface area contributed by atoms with E-state index in [1.165, 1.54) is 10.1 Å². The van der Waals surface area contributed by atoms with Gasteiger partial charge in [-0.2, -0.15) is 4.98 Å².